The van der Waals surface area contributed by atoms with Gasteiger partial charge in [0, 0.05) is 37.4 Å². The summed E-state index contributed by atoms with van der Waals surface area (Å²) in [5.41, 5.74) is -0.281. The minimum atomic E-state index is -3.19. The smallest absolute Gasteiger partial charge is 0.213 e. The monoisotopic (exact) mass is 326 g/mol. The lowest BCUT2D eigenvalue weighted by Gasteiger charge is -2.49. The van der Waals surface area contributed by atoms with Gasteiger partial charge in [0.05, 0.1) is 19.0 Å². The molecule has 0 bridgehead atoms. The first-order chi connectivity index (χ1) is 10.5. The van der Waals surface area contributed by atoms with Crippen LogP contribution < -0.4 is 4.74 Å². The molecule has 3 heterocycles. The van der Waals surface area contributed by atoms with E-state index in [2.05, 4.69) is 4.98 Å². The molecule has 2 aliphatic heterocycles. The lowest BCUT2D eigenvalue weighted by atomic mass is 9.73. The van der Waals surface area contributed by atoms with E-state index < -0.39 is 10.0 Å². The quantitative estimate of drug-likeness (QED) is 0.834. The fourth-order valence-corrected chi connectivity index (χ4v) is 4.32. The molecule has 2 fully saturated rings. The molecule has 0 unspecified atom stereocenters. The Morgan fingerprint density at radius 1 is 1.50 bits per heavy atom. The molecule has 2 saturated heterocycles. The van der Waals surface area contributed by atoms with Crippen molar-refractivity contribution >= 4 is 10.0 Å². The van der Waals surface area contributed by atoms with E-state index in [1.807, 2.05) is 18.2 Å². The van der Waals surface area contributed by atoms with Crippen LogP contribution in [0.4, 0.5) is 0 Å². The molecule has 0 aromatic carbocycles. The SMILES string of the molecule is CS(=O)(=O)N1CC[C@H]2OCCC[C@@]2(COc2ccccn2)C1. The molecule has 6 nitrogen and oxygen atoms in total. The molecule has 22 heavy (non-hydrogen) atoms. The number of fused-ring (bicyclic) bond motifs is 1. The number of hydrogen-bond acceptors (Lipinski definition) is 5. The molecule has 1 aromatic heterocycles. The number of pyridine rings is 1. The van der Waals surface area contributed by atoms with Crippen molar-refractivity contribution in [3.05, 3.63) is 24.4 Å². The maximum absolute atomic E-state index is 11.9. The number of nitrogens with zero attached hydrogens (tertiary/aromatic N) is 2. The molecule has 122 valence electrons. The Kier molecular flexibility index (Phi) is 4.38. The Bertz CT molecular complexity index is 607. The maximum atomic E-state index is 11.9. The zero-order chi connectivity index (χ0) is 15.6. The van der Waals surface area contributed by atoms with Gasteiger partial charge < -0.3 is 9.47 Å². The van der Waals surface area contributed by atoms with Gasteiger partial charge in [-0.1, -0.05) is 6.07 Å². The van der Waals surface area contributed by atoms with E-state index in [4.69, 9.17) is 9.47 Å². The summed E-state index contributed by atoms with van der Waals surface area (Å²) in [6.07, 6.45) is 5.58. The van der Waals surface area contributed by atoms with Gasteiger partial charge >= 0.3 is 0 Å². The van der Waals surface area contributed by atoms with Gasteiger partial charge in [-0.3, -0.25) is 0 Å². The van der Waals surface area contributed by atoms with Crippen LogP contribution in [-0.4, -0.2) is 56.4 Å². The van der Waals surface area contributed by atoms with Crippen molar-refractivity contribution in [3.8, 4) is 5.88 Å². The second-order valence-corrected chi connectivity index (χ2v) is 8.15. The first-order valence-electron chi connectivity index (χ1n) is 7.60. The van der Waals surface area contributed by atoms with Gasteiger partial charge in [-0.25, -0.2) is 17.7 Å². The molecule has 0 aliphatic carbocycles. The van der Waals surface area contributed by atoms with Gasteiger partial charge in [0.25, 0.3) is 0 Å². The van der Waals surface area contributed by atoms with Crippen LogP contribution in [-0.2, 0) is 14.8 Å². The molecule has 0 N–H and O–H groups in total. The van der Waals surface area contributed by atoms with Crippen LogP contribution in [0.3, 0.4) is 0 Å². The minimum Gasteiger partial charge on any atom is -0.477 e. The van der Waals surface area contributed by atoms with Crippen molar-refractivity contribution in [1.29, 1.82) is 0 Å². The van der Waals surface area contributed by atoms with Crippen molar-refractivity contribution in [3.63, 3.8) is 0 Å². The summed E-state index contributed by atoms with van der Waals surface area (Å²) < 4.78 is 37.1. The Morgan fingerprint density at radius 3 is 3.09 bits per heavy atom. The molecule has 1 aromatic rings. The third-order valence-electron chi connectivity index (χ3n) is 4.57. The summed E-state index contributed by atoms with van der Waals surface area (Å²) in [5.74, 6) is 0.567. The summed E-state index contributed by atoms with van der Waals surface area (Å²) in [6.45, 7) is 2.16. The fourth-order valence-electron chi connectivity index (χ4n) is 3.39. The second kappa shape index (κ2) is 6.14. The van der Waals surface area contributed by atoms with Crippen LogP contribution in [0.2, 0.25) is 0 Å². The second-order valence-electron chi connectivity index (χ2n) is 6.17. The highest BCUT2D eigenvalue weighted by Gasteiger charge is 2.48. The number of piperidine rings is 1. The van der Waals surface area contributed by atoms with Crippen molar-refractivity contribution in [2.45, 2.75) is 25.4 Å². The highest BCUT2D eigenvalue weighted by atomic mass is 32.2. The summed E-state index contributed by atoms with van der Waals surface area (Å²) in [7, 11) is -3.19. The van der Waals surface area contributed by atoms with Crippen LogP contribution >= 0.6 is 0 Å². The van der Waals surface area contributed by atoms with Crippen LogP contribution in [0.25, 0.3) is 0 Å². The summed E-state index contributed by atoms with van der Waals surface area (Å²) >= 11 is 0. The molecule has 0 saturated carbocycles. The number of hydrogen-bond donors (Lipinski definition) is 0. The number of rotatable bonds is 4. The number of sulfonamides is 1. The van der Waals surface area contributed by atoms with E-state index in [-0.39, 0.29) is 11.5 Å². The largest absolute Gasteiger partial charge is 0.477 e. The number of ether oxygens (including phenoxy) is 2. The molecule has 0 radical (unpaired) electrons. The highest BCUT2D eigenvalue weighted by molar-refractivity contribution is 7.88. The van der Waals surface area contributed by atoms with Gasteiger partial charge in [0.15, 0.2) is 0 Å². The van der Waals surface area contributed by atoms with E-state index in [0.29, 0.717) is 25.6 Å². The van der Waals surface area contributed by atoms with Crippen molar-refractivity contribution in [2.24, 2.45) is 5.41 Å². The Hall–Kier alpha value is -1.18. The summed E-state index contributed by atoms with van der Waals surface area (Å²) in [6, 6.07) is 5.52. The third kappa shape index (κ3) is 3.26. The van der Waals surface area contributed by atoms with Crippen molar-refractivity contribution in [2.75, 3.05) is 32.6 Å². The van der Waals surface area contributed by atoms with Crippen LogP contribution in [0, 0.1) is 5.41 Å². The maximum Gasteiger partial charge on any atom is 0.213 e. The zero-order valence-corrected chi connectivity index (χ0v) is 13.6. The number of aromatic nitrogens is 1. The van der Waals surface area contributed by atoms with E-state index in [1.54, 1.807) is 10.5 Å². The zero-order valence-electron chi connectivity index (χ0n) is 12.8. The lowest BCUT2D eigenvalue weighted by molar-refractivity contribution is -0.128. The Morgan fingerprint density at radius 2 is 2.36 bits per heavy atom. The van der Waals surface area contributed by atoms with Crippen LogP contribution in [0.15, 0.2) is 24.4 Å². The molecular weight excluding hydrogens is 304 g/mol. The molecule has 0 amide bonds. The molecular formula is C15H22N2O4S. The third-order valence-corrected chi connectivity index (χ3v) is 5.82. The molecule has 2 aliphatic rings. The Labute approximate surface area is 131 Å². The van der Waals surface area contributed by atoms with E-state index in [9.17, 15) is 8.42 Å². The average Bonchev–Trinajstić information content (AvgIpc) is 2.52. The topological polar surface area (TPSA) is 68.7 Å². The highest BCUT2D eigenvalue weighted by Crippen LogP contribution is 2.41. The first-order valence-corrected chi connectivity index (χ1v) is 9.45. The molecule has 3 rings (SSSR count). The first kappa shape index (κ1) is 15.7. The van der Waals surface area contributed by atoms with Gasteiger partial charge in [-0.2, -0.15) is 0 Å². The van der Waals surface area contributed by atoms with E-state index in [0.717, 1.165) is 25.9 Å². The van der Waals surface area contributed by atoms with E-state index >= 15 is 0 Å². The summed E-state index contributed by atoms with van der Waals surface area (Å²) in [5, 5.41) is 0. The average molecular weight is 326 g/mol. The minimum absolute atomic E-state index is 0.0583. The van der Waals surface area contributed by atoms with Crippen LogP contribution in [0.5, 0.6) is 5.88 Å². The molecule has 2 atom stereocenters. The Balaban J connectivity index is 1.78. The fraction of sp³-hybridized carbons (Fsp3) is 0.667. The normalized spacial score (nSPS) is 29.8. The van der Waals surface area contributed by atoms with Gasteiger partial charge in [0.2, 0.25) is 15.9 Å². The molecule has 0 spiro atoms. The van der Waals surface area contributed by atoms with E-state index in [1.165, 1.54) is 6.26 Å². The van der Waals surface area contributed by atoms with Gasteiger partial charge in [-0.15, -0.1) is 0 Å². The van der Waals surface area contributed by atoms with Crippen LogP contribution in [0.1, 0.15) is 19.3 Å². The van der Waals surface area contributed by atoms with Crippen molar-refractivity contribution in [1.82, 2.24) is 9.29 Å². The predicted molar refractivity (Wildman–Crippen MR) is 82.2 cm³/mol. The lowest BCUT2D eigenvalue weighted by Crippen LogP contribution is -2.58. The summed E-state index contributed by atoms with van der Waals surface area (Å²) in [4.78, 5) is 4.17. The standard InChI is InChI=1S/C15H22N2O4S/c1-22(18,19)17-9-6-13-15(11-17,7-4-10-20-13)12-21-14-5-2-3-8-16-14/h2-3,5,8,13H,4,6-7,9-12H2,1H3/t13-,15+/m1/s1. The predicted octanol–water partition coefficient (Wildman–Crippen LogP) is 1.29. The van der Waals surface area contributed by atoms with Gasteiger partial charge in [0.1, 0.15) is 0 Å². The van der Waals surface area contributed by atoms with Gasteiger partial charge in [-0.05, 0) is 25.3 Å². The molecule has 7 heteroatoms. The van der Waals surface area contributed by atoms with Crippen molar-refractivity contribution < 1.29 is 17.9 Å².